The normalized spacial score (nSPS) is 14.0. The summed E-state index contributed by atoms with van der Waals surface area (Å²) in [5.74, 6) is 0. The van der Waals surface area contributed by atoms with Crippen LogP contribution in [0.25, 0.3) is 32.3 Å². The molecular formula is C30H37N2O3P. The Labute approximate surface area is 216 Å². The SMILES string of the molecule is CC[C@H](COCc1ccc2ccc3cccc4ccc1c2c34)OP(OCCC#N)N(C(C)C)C(C)C. The molecule has 0 aliphatic carbocycles. The Hall–Kier alpha value is -2.32. The summed E-state index contributed by atoms with van der Waals surface area (Å²) in [4.78, 5) is 0. The van der Waals surface area contributed by atoms with Crippen LogP contribution >= 0.6 is 8.53 Å². The van der Waals surface area contributed by atoms with Gasteiger partial charge in [-0.05, 0) is 72.0 Å². The summed E-state index contributed by atoms with van der Waals surface area (Å²) in [5.41, 5.74) is 1.19. The van der Waals surface area contributed by atoms with Crippen LogP contribution in [0, 0.1) is 11.3 Å². The van der Waals surface area contributed by atoms with Crippen LogP contribution in [0.5, 0.6) is 0 Å². The number of rotatable bonds is 13. The lowest BCUT2D eigenvalue weighted by Crippen LogP contribution is -2.35. The fraction of sp³-hybridized carbons (Fsp3) is 0.433. The molecule has 0 amide bonds. The van der Waals surface area contributed by atoms with E-state index >= 15 is 0 Å². The zero-order valence-corrected chi connectivity index (χ0v) is 22.9. The van der Waals surface area contributed by atoms with Crippen LogP contribution < -0.4 is 0 Å². The van der Waals surface area contributed by atoms with E-state index in [0.717, 1.165) is 6.42 Å². The number of benzene rings is 4. The van der Waals surface area contributed by atoms with Gasteiger partial charge >= 0.3 is 0 Å². The van der Waals surface area contributed by atoms with E-state index in [1.807, 2.05) is 0 Å². The Bertz CT molecular complexity index is 1290. The van der Waals surface area contributed by atoms with Crippen LogP contribution in [0.4, 0.5) is 0 Å². The third-order valence-corrected chi connectivity index (χ3v) is 8.72. The van der Waals surface area contributed by atoms with E-state index in [-0.39, 0.29) is 18.2 Å². The Morgan fingerprint density at radius 3 is 2.17 bits per heavy atom. The predicted octanol–water partition coefficient (Wildman–Crippen LogP) is 8.17. The highest BCUT2D eigenvalue weighted by molar-refractivity contribution is 7.44. The third-order valence-electron chi connectivity index (χ3n) is 6.54. The molecule has 1 unspecified atom stereocenters. The molecule has 4 rings (SSSR count). The first-order chi connectivity index (χ1) is 17.4. The first-order valence-corrected chi connectivity index (χ1v) is 14.1. The molecule has 0 fully saturated rings. The minimum Gasteiger partial charge on any atom is -0.374 e. The van der Waals surface area contributed by atoms with Gasteiger partial charge in [0.25, 0.3) is 8.53 Å². The smallest absolute Gasteiger partial charge is 0.259 e. The second-order valence-electron chi connectivity index (χ2n) is 9.78. The van der Waals surface area contributed by atoms with Crippen molar-refractivity contribution in [2.45, 2.75) is 72.3 Å². The summed E-state index contributed by atoms with van der Waals surface area (Å²) in [7, 11) is -1.28. The molecule has 36 heavy (non-hydrogen) atoms. The molecule has 0 aliphatic rings. The van der Waals surface area contributed by atoms with Crippen molar-refractivity contribution in [3.05, 3.63) is 60.2 Å². The molecule has 4 aromatic rings. The van der Waals surface area contributed by atoms with Gasteiger partial charge in [-0.25, -0.2) is 4.67 Å². The highest BCUT2D eigenvalue weighted by atomic mass is 31.2. The molecule has 2 atom stereocenters. The van der Waals surface area contributed by atoms with E-state index in [4.69, 9.17) is 19.0 Å². The zero-order valence-electron chi connectivity index (χ0n) is 22.0. The number of ether oxygens (including phenoxy) is 1. The summed E-state index contributed by atoms with van der Waals surface area (Å²) in [5, 5.41) is 16.6. The van der Waals surface area contributed by atoms with Crippen LogP contribution in [-0.2, 0) is 20.4 Å². The van der Waals surface area contributed by atoms with Crippen LogP contribution in [0.2, 0.25) is 0 Å². The molecule has 0 N–H and O–H groups in total. The standard InChI is InChI=1S/C30H37N2O3P/c1-6-27(35-36(34-18-8-17-31)32(21(2)3)22(4)5)20-33-19-26-14-13-25-12-11-23-9-7-10-24-15-16-28(26)30(25)29(23)24/h7,9-16,21-22,27H,6,8,18-20H2,1-5H3/t27-,36?/m1/s1. The van der Waals surface area contributed by atoms with Crippen molar-refractivity contribution < 1.29 is 13.8 Å². The van der Waals surface area contributed by atoms with E-state index in [1.165, 1.54) is 37.9 Å². The predicted molar refractivity (Wildman–Crippen MR) is 150 cm³/mol. The highest BCUT2D eigenvalue weighted by Gasteiger charge is 2.29. The van der Waals surface area contributed by atoms with Crippen LogP contribution in [-0.4, -0.2) is 36.1 Å². The van der Waals surface area contributed by atoms with Crippen LogP contribution in [0.1, 0.15) is 53.0 Å². The molecule has 0 radical (unpaired) electrons. The minimum atomic E-state index is -1.28. The first kappa shape index (κ1) is 26.7. The molecule has 5 nitrogen and oxygen atoms in total. The molecule has 0 heterocycles. The summed E-state index contributed by atoms with van der Waals surface area (Å²) >= 11 is 0. The molecule has 0 aliphatic heterocycles. The van der Waals surface area contributed by atoms with Crippen molar-refractivity contribution in [1.82, 2.24) is 4.67 Å². The lowest BCUT2D eigenvalue weighted by atomic mass is 9.92. The summed E-state index contributed by atoms with van der Waals surface area (Å²) in [6.07, 6.45) is 1.09. The molecule has 190 valence electrons. The topological polar surface area (TPSA) is 54.7 Å². The second-order valence-corrected chi connectivity index (χ2v) is 11.2. The molecule has 6 heteroatoms. The lowest BCUT2D eigenvalue weighted by Gasteiger charge is -2.37. The zero-order chi connectivity index (χ0) is 25.7. The Balaban J connectivity index is 1.48. The Kier molecular flexibility index (Phi) is 9.12. The fourth-order valence-corrected chi connectivity index (χ4v) is 6.64. The molecule has 0 saturated carbocycles. The average Bonchev–Trinajstić information content (AvgIpc) is 2.86. The maximum absolute atomic E-state index is 8.96. The van der Waals surface area contributed by atoms with Gasteiger partial charge in [-0.1, -0.05) is 61.5 Å². The molecule has 0 spiro atoms. The Morgan fingerprint density at radius 1 is 0.889 bits per heavy atom. The molecule has 0 aromatic heterocycles. The van der Waals surface area contributed by atoms with Crippen molar-refractivity contribution in [2.75, 3.05) is 13.2 Å². The van der Waals surface area contributed by atoms with Crippen molar-refractivity contribution in [3.8, 4) is 6.07 Å². The molecule has 0 saturated heterocycles. The quantitative estimate of drug-likeness (QED) is 0.104. The summed E-state index contributed by atoms with van der Waals surface area (Å²) < 4.78 is 21.1. The number of nitriles is 1. The van der Waals surface area contributed by atoms with Gasteiger partial charge in [-0.15, -0.1) is 0 Å². The number of hydrogen-bond acceptors (Lipinski definition) is 5. The number of nitrogens with zero attached hydrogens (tertiary/aromatic N) is 2. The summed E-state index contributed by atoms with van der Waals surface area (Å²) in [6, 6.07) is 22.4. The van der Waals surface area contributed by atoms with Gasteiger partial charge in [-0.2, -0.15) is 5.26 Å². The van der Waals surface area contributed by atoms with E-state index in [9.17, 15) is 0 Å². The van der Waals surface area contributed by atoms with Gasteiger partial charge in [-0.3, -0.25) is 0 Å². The van der Waals surface area contributed by atoms with Gasteiger partial charge in [0.2, 0.25) is 0 Å². The fourth-order valence-electron chi connectivity index (χ4n) is 4.87. The first-order valence-electron chi connectivity index (χ1n) is 12.9. The maximum Gasteiger partial charge on any atom is 0.259 e. The molecule has 0 bridgehead atoms. The maximum atomic E-state index is 8.96. The van der Waals surface area contributed by atoms with Crippen LogP contribution in [0.3, 0.4) is 0 Å². The van der Waals surface area contributed by atoms with E-state index in [0.29, 0.717) is 26.2 Å². The van der Waals surface area contributed by atoms with Gasteiger partial charge in [0, 0.05) is 12.1 Å². The lowest BCUT2D eigenvalue weighted by molar-refractivity contribution is 0.0292. The van der Waals surface area contributed by atoms with Gasteiger partial charge in [0.1, 0.15) is 0 Å². The summed E-state index contributed by atoms with van der Waals surface area (Å²) in [6.45, 7) is 12.1. The van der Waals surface area contributed by atoms with Crippen LogP contribution in [0.15, 0.2) is 54.6 Å². The average molecular weight is 505 g/mol. The van der Waals surface area contributed by atoms with Crippen molar-refractivity contribution >= 4 is 40.8 Å². The molecule has 4 aromatic carbocycles. The van der Waals surface area contributed by atoms with Crippen molar-refractivity contribution in [1.29, 1.82) is 5.26 Å². The highest BCUT2D eigenvalue weighted by Crippen LogP contribution is 2.47. The van der Waals surface area contributed by atoms with E-state index in [1.54, 1.807) is 0 Å². The van der Waals surface area contributed by atoms with E-state index in [2.05, 4.69) is 100.0 Å². The van der Waals surface area contributed by atoms with Gasteiger partial charge in [0.15, 0.2) is 0 Å². The molecular weight excluding hydrogens is 467 g/mol. The Morgan fingerprint density at radius 2 is 1.53 bits per heavy atom. The monoisotopic (exact) mass is 504 g/mol. The van der Waals surface area contributed by atoms with Crippen molar-refractivity contribution in [3.63, 3.8) is 0 Å². The minimum absolute atomic E-state index is 0.0852. The largest absolute Gasteiger partial charge is 0.374 e. The van der Waals surface area contributed by atoms with Gasteiger partial charge in [0.05, 0.1) is 38.4 Å². The third kappa shape index (κ3) is 5.80. The van der Waals surface area contributed by atoms with Gasteiger partial charge < -0.3 is 13.8 Å². The number of hydrogen-bond donors (Lipinski definition) is 0. The second kappa shape index (κ2) is 12.3. The van der Waals surface area contributed by atoms with Crippen molar-refractivity contribution in [2.24, 2.45) is 0 Å². The van der Waals surface area contributed by atoms with E-state index < -0.39 is 8.53 Å².